The first kappa shape index (κ1) is 16.6. The van der Waals surface area contributed by atoms with Crippen LogP contribution < -0.4 is 0 Å². The van der Waals surface area contributed by atoms with E-state index in [-0.39, 0.29) is 0 Å². The average molecular weight is 281 g/mol. The molecule has 0 N–H and O–H groups in total. The molecule has 0 unspecified atom stereocenters. The lowest BCUT2D eigenvalue weighted by molar-refractivity contribution is 0.556. The summed E-state index contributed by atoms with van der Waals surface area (Å²) < 4.78 is 0. The summed E-state index contributed by atoms with van der Waals surface area (Å²) in [6.07, 6.45) is 15.2. The minimum atomic E-state index is 0.840. The van der Waals surface area contributed by atoms with Gasteiger partial charge in [-0.15, -0.1) is 0 Å². The third-order valence-corrected chi connectivity index (χ3v) is 3.98. The number of aryl methyl sites for hydroxylation is 1. The molecule has 0 atom stereocenters. The Morgan fingerprint density at radius 1 is 0.684 bits per heavy atom. The van der Waals surface area contributed by atoms with E-state index in [2.05, 4.69) is 19.1 Å². The van der Waals surface area contributed by atoms with Crippen molar-refractivity contribution < 1.29 is 0 Å². The standard InChI is InChI=1S/C18H29Cl/c1-2-3-4-5-6-7-8-9-10-11-12-17-13-15-18(19)16-14-17/h13-16H,2-12H2,1H3. The minimum absolute atomic E-state index is 0.840. The lowest BCUT2D eigenvalue weighted by atomic mass is 10.0. The molecule has 0 nitrogen and oxygen atoms in total. The van der Waals surface area contributed by atoms with Crippen molar-refractivity contribution >= 4 is 11.6 Å². The second-order valence-corrected chi connectivity index (χ2v) is 5.99. The van der Waals surface area contributed by atoms with Crippen LogP contribution >= 0.6 is 11.6 Å². The zero-order valence-corrected chi connectivity index (χ0v) is 13.2. The van der Waals surface area contributed by atoms with Gasteiger partial charge in [-0.25, -0.2) is 0 Å². The fraction of sp³-hybridized carbons (Fsp3) is 0.667. The third kappa shape index (κ3) is 9.10. The molecule has 0 fully saturated rings. The number of unbranched alkanes of at least 4 members (excludes halogenated alkanes) is 9. The summed E-state index contributed by atoms with van der Waals surface area (Å²) in [7, 11) is 0. The van der Waals surface area contributed by atoms with Crippen LogP contribution in [0.3, 0.4) is 0 Å². The van der Waals surface area contributed by atoms with E-state index in [4.69, 9.17) is 11.6 Å². The highest BCUT2D eigenvalue weighted by molar-refractivity contribution is 6.30. The fourth-order valence-electron chi connectivity index (χ4n) is 2.47. The maximum Gasteiger partial charge on any atom is 0.0406 e. The molecule has 0 aliphatic carbocycles. The quantitative estimate of drug-likeness (QED) is 0.391. The summed E-state index contributed by atoms with van der Waals surface area (Å²) in [5.41, 5.74) is 1.42. The Morgan fingerprint density at radius 2 is 1.16 bits per heavy atom. The maximum atomic E-state index is 5.88. The highest BCUT2D eigenvalue weighted by atomic mass is 35.5. The molecule has 0 aliphatic rings. The van der Waals surface area contributed by atoms with Crippen molar-refractivity contribution in [3.05, 3.63) is 34.9 Å². The van der Waals surface area contributed by atoms with E-state index in [1.807, 2.05) is 12.1 Å². The Bertz CT molecular complexity index is 302. The first-order chi connectivity index (χ1) is 9.33. The second kappa shape index (κ2) is 11.3. The molecule has 108 valence electrons. The van der Waals surface area contributed by atoms with E-state index >= 15 is 0 Å². The number of hydrogen-bond donors (Lipinski definition) is 0. The molecule has 0 aromatic heterocycles. The molecule has 1 heteroatoms. The van der Waals surface area contributed by atoms with Crippen LogP contribution in [0.2, 0.25) is 5.02 Å². The summed E-state index contributed by atoms with van der Waals surface area (Å²) in [6.45, 7) is 2.28. The largest absolute Gasteiger partial charge is 0.0843 e. The smallest absolute Gasteiger partial charge is 0.0406 e. The lowest BCUT2D eigenvalue weighted by Crippen LogP contribution is -1.86. The zero-order chi connectivity index (χ0) is 13.8. The average Bonchev–Trinajstić information content (AvgIpc) is 2.43. The van der Waals surface area contributed by atoms with E-state index in [0.717, 1.165) is 5.02 Å². The summed E-state index contributed by atoms with van der Waals surface area (Å²) in [5, 5.41) is 0.840. The van der Waals surface area contributed by atoms with Crippen LogP contribution in [0.5, 0.6) is 0 Å². The Morgan fingerprint density at radius 3 is 1.68 bits per heavy atom. The molecule has 1 rings (SSSR count). The predicted octanol–water partition coefficient (Wildman–Crippen LogP) is 6.80. The van der Waals surface area contributed by atoms with Crippen LogP contribution in [0.25, 0.3) is 0 Å². The molecule has 0 heterocycles. The number of rotatable bonds is 11. The molecule has 0 amide bonds. The SMILES string of the molecule is CCCCCCCCCCCCc1ccc(Cl)cc1. The van der Waals surface area contributed by atoms with E-state index < -0.39 is 0 Å². The summed E-state index contributed by atoms with van der Waals surface area (Å²) in [5.74, 6) is 0. The Labute approximate surface area is 124 Å². The van der Waals surface area contributed by atoms with Gasteiger partial charge in [0.05, 0.1) is 0 Å². The van der Waals surface area contributed by atoms with Gasteiger partial charge in [0.2, 0.25) is 0 Å². The van der Waals surface area contributed by atoms with Crippen molar-refractivity contribution in [2.75, 3.05) is 0 Å². The molecule has 0 radical (unpaired) electrons. The van der Waals surface area contributed by atoms with E-state index in [9.17, 15) is 0 Å². The molecule has 0 saturated carbocycles. The van der Waals surface area contributed by atoms with Gasteiger partial charge in [-0.3, -0.25) is 0 Å². The van der Waals surface area contributed by atoms with Gasteiger partial charge in [0.1, 0.15) is 0 Å². The zero-order valence-electron chi connectivity index (χ0n) is 12.5. The van der Waals surface area contributed by atoms with Crippen molar-refractivity contribution in [2.24, 2.45) is 0 Å². The van der Waals surface area contributed by atoms with Gasteiger partial charge >= 0.3 is 0 Å². The monoisotopic (exact) mass is 280 g/mol. The fourth-order valence-corrected chi connectivity index (χ4v) is 2.59. The molecule has 19 heavy (non-hydrogen) atoms. The van der Waals surface area contributed by atoms with Crippen LogP contribution in [-0.2, 0) is 6.42 Å². The Kier molecular flexibility index (Phi) is 9.89. The number of benzene rings is 1. The first-order valence-electron chi connectivity index (χ1n) is 8.07. The molecule has 0 saturated heterocycles. The summed E-state index contributed by atoms with van der Waals surface area (Å²) >= 11 is 5.88. The van der Waals surface area contributed by atoms with Gasteiger partial charge < -0.3 is 0 Å². The first-order valence-corrected chi connectivity index (χ1v) is 8.45. The summed E-state index contributed by atoms with van der Waals surface area (Å²) in [6, 6.07) is 8.28. The lowest BCUT2D eigenvalue weighted by Gasteiger charge is -2.03. The van der Waals surface area contributed by atoms with E-state index in [1.165, 1.54) is 76.2 Å². The Balaban J connectivity index is 1.87. The van der Waals surface area contributed by atoms with Gasteiger partial charge in [0.15, 0.2) is 0 Å². The normalized spacial score (nSPS) is 10.8. The van der Waals surface area contributed by atoms with Crippen molar-refractivity contribution in [1.82, 2.24) is 0 Å². The molecule has 0 spiro atoms. The molecule has 1 aromatic rings. The van der Waals surface area contributed by atoms with Crippen LogP contribution in [0.15, 0.2) is 24.3 Å². The van der Waals surface area contributed by atoms with Crippen molar-refractivity contribution in [3.63, 3.8) is 0 Å². The maximum absolute atomic E-state index is 5.88. The van der Waals surface area contributed by atoms with E-state index in [0.29, 0.717) is 0 Å². The van der Waals surface area contributed by atoms with Crippen LogP contribution in [-0.4, -0.2) is 0 Å². The molecule has 1 aromatic carbocycles. The highest BCUT2D eigenvalue weighted by Crippen LogP contribution is 2.14. The summed E-state index contributed by atoms with van der Waals surface area (Å²) in [4.78, 5) is 0. The van der Waals surface area contributed by atoms with Gasteiger partial charge in [-0.05, 0) is 30.5 Å². The van der Waals surface area contributed by atoms with Crippen molar-refractivity contribution in [3.8, 4) is 0 Å². The van der Waals surface area contributed by atoms with Gasteiger partial charge in [-0.1, -0.05) is 88.4 Å². The molecular weight excluding hydrogens is 252 g/mol. The number of halogens is 1. The second-order valence-electron chi connectivity index (χ2n) is 5.56. The molecule has 0 aliphatic heterocycles. The van der Waals surface area contributed by atoms with Gasteiger partial charge in [-0.2, -0.15) is 0 Å². The topological polar surface area (TPSA) is 0 Å². The molecular formula is C18H29Cl. The Hall–Kier alpha value is -0.490. The van der Waals surface area contributed by atoms with Crippen LogP contribution in [0.1, 0.15) is 76.7 Å². The van der Waals surface area contributed by atoms with Crippen molar-refractivity contribution in [2.45, 2.75) is 77.6 Å². The minimum Gasteiger partial charge on any atom is -0.0843 e. The van der Waals surface area contributed by atoms with Gasteiger partial charge in [0, 0.05) is 5.02 Å². The third-order valence-electron chi connectivity index (χ3n) is 3.73. The predicted molar refractivity (Wildman–Crippen MR) is 87.0 cm³/mol. The van der Waals surface area contributed by atoms with Crippen molar-refractivity contribution in [1.29, 1.82) is 0 Å². The highest BCUT2D eigenvalue weighted by Gasteiger charge is 1.95. The van der Waals surface area contributed by atoms with E-state index in [1.54, 1.807) is 0 Å². The number of hydrogen-bond acceptors (Lipinski definition) is 0. The van der Waals surface area contributed by atoms with Crippen LogP contribution in [0, 0.1) is 0 Å². The van der Waals surface area contributed by atoms with Gasteiger partial charge in [0.25, 0.3) is 0 Å². The van der Waals surface area contributed by atoms with Crippen LogP contribution in [0.4, 0.5) is 0 Å². The molecule has 0 bridgehead atoms.